The summed E-state index contributed by atoms with van der Waals surface area (Å²) in [4.78, 5) is 10.2. The van der Waals surface area contributed by atoms with E-state index >= 15 is 0 Å². The van der Waals surface area contributed by atoms with Crippen molar-refractivity contribution in [2.45, 2.75) is 20.0 Å². The molecule has 0 spiro atoms. The highest BCUT2D eigenvalue weighted by Gasteiger charge is 2.15. The van der Waals surface area contributed by atoms with E-state index in [9.17, 15) is 10.1 Å². The minimum Gasteiger partial charge on any atom is -0.487 e. The molecule has 0 bridgehead atoms. The minimum atomic E-state index is -0.530. The molecule has 0 amide bonds. The third-order valence-corrected chi connectivity index (χ3v) is 4.21. The first-order valence-corrected chi connectivity index (χ1v) is 7.38. The number of rotatable bonds is 5. The van der Waals surface area contributed by atoms with E-state index < -0.39 is 4.92 Å². The number of aromatic nitrogens is 2. The van der Waals surface area contributed by atoms with Gasteiger partial charge in [-0.15, -0.1) is 0 Å². The van der Waals surface area contributed by atoms with E-state index in [0.717, 1.165) is 22.3 Å². The fourth-order valence-electron chi connectivity index (χ4n) is 1.85. The molecular formula is C13H13BrClN3O3. The number of aryl methyl sites for hydroxylation is 2. The molecule has 0 saturated carbocycles. The highest BCUT2D eigenvalue weighted by Crippen LogP contribution is 2.29. The van der Waals surface area contributed by atoms with E-state index in [1.807, 2.05) is 14.0 Å². The van der Waals surface area contributed by atoms with Crippen LogP contribution in [0.2, 0.25) is 5.02 Å². The predicted molar refractivity (Wildman–Crippen MR) is 82.7 cm³/mol. The van der Waals surface area contributed by atoms with Gasteiger partial charge in [-0.3, -0.25) is 14.8 Å². The molecule has 1 heterocycles. The highest BCUT2D eigenvalue weighted by molar-refractivity contribution is 9.10. The van der Waals surface area contributed by atoms with Crippen LogP contribution in [0.3, 0.4) is 0 Å². The summed E-state index contributed by atoms with van der Waals surface area (Å²) in [6.07, 6.45) is 0.817. The molecule has 2 aromatic rings. The van der Waals surface area contributed by atoms with Crippen LogP contribution in [0.25, 0.3) is 0 Å². The monoisotopic (exact) mass is 373 g/mol. The van der Waals surface area contributed by atoms with E-state index in [4.69, 9.17) is 16.3 Å². The van der Waals surface area contributed by atoms with E-state index in [1.165, 1.54) is 18.2 Å². The Balaban J connectivity index is 2.15. The van der Waals surface area contributed by atoms with Crippen LogP contribution in [0.1, 0.15) is 18.3 Å². The molecular weight excluding hydrogens is 362 g/mol. The van der Waals surface area contributed by atoms with Crippen LogP contribution < -0.4 is 4.74 Å². The van der Waals surface area contributed by atoms with Crippen molar-refractivity contribution < 1.29 is 9.66 Å². The molecule has 1 aromatic heterocycles. The predicted octanol–water partition coefficient (Wildman–Crippen LogP) is 3.89. The van der Waals surface area contributed by atoms with E-state index in [0.29, 0.717) is 5.75 Å². The van der Waals surface area contributed by atoms with E-state index in [-0.39, 0.29) is 17.3 Å². The van der Waals surface area contributed by atoms with Crippen molar-refractivity contribution in [2.24, 2.45) is 7.05 Å². The number of nitrogens with zero attached hydrogens (tertiary/aromatic N) is 3. The molecule has 0 radical (unpaired) electrons. The van der Waals surface area contributed by atoms with Gasteiger partial charge in [0, 0.05) is 19.2 Å². The number of benzene rings is 1. The fraction of sp³-hybridized carbons (Fsp3) is 0.308. The summed E-state index contributed by atoms with van der Waals surface area (Å²) in [6.45, 7) is 2.31. The first-order chi connectivity index (χ1) is 9.93. The van der Waals surface area contributed by atoms with Gasteiger partial charge in [0.05, 0.1) is 20.8 Å². The molecule has 0 N–H and O–H groups in total. The number of ether oxygens (including phenoxy) is 1. The number of halogens is 2. The zero-order valence-corrected chi connectivity index (χ0v) is 13.8. The lowest BCUT2D eigenvalue weighted by atomic mass is 10.3. The first kappa shape index (κ1) is 15.8. The SMILES string of the molecule is CCc1nn(C)c(COc2ccc([N+](=O)[O-])c(Cl)c2)c1Br. The van der Waals surface area contributed by atoms with Gasteiger partial charge in [0.25, 0.3) is 5.69 Å². The smallest absolute Gasteiger partial charge is 0.288 e. The van der Waals surface area contributed by atoms with Crippen molar-refractivity contribution in [2.75, 3.05) is 0 Å². The maximum Gasteiger partial charge on any atom is 0.288 e. The van der Waals surface area contributed by atoms with Gasteiger partial charge >= 0.3 is 0 Å². The maximum absolute atomic E-state index is 10.7. The third-order valence-electron chi connectivity index (χ3n) is 2.99. The molecule has 6 nitrogen and oxygen atoms in total. The average molecular weight is 375 g/mol. The number of nitro groups is 1. The molecule has 2 rings (SSSR count). The Morgan fingerprint density at radius 2 is 2.24 bits per heavy atom. The second-order valence-corrected chi connectivity index (χ2v) is 5.54. The summed E-state index contributed by atoms with van der Waals surface area (Å²) in [5, 5.41) is 15.1. The van der Waals surface area contributed by atoms with Crippen LogP contribution in [0.4, 0.5) is 5.69 Å². The van der Waals surface area contributed by atoms with Crippen molar-refractivity contribution in [3.8, 4) is 5.75 Å². The van der Waals surface area contributed by atoms with Gasteiger partial charge in [0.15, 0.2) is 0 Å². The summed E-state index contributed by atoms with van der Waals surface area (Å²) >= 11 is 9.35. The van der Waals surface area contributed by atoms with Gasteiger partial charge in [0.1, 0.15) is 17.4 Å². The van der Waals surface area contributed by atoms with Gasteiger partial charge in [-0.1, -0.05) is 18.5 Å². The van der Waals surface area contributed by atoms with Gasteiger partial charge in [-0.25, -0.2) is 0 Å². The highest BCUT2D eigenvalue weighted by atomic mass is 79.9. The van der Waals surface area contributed by atoms with Gasteiger partial charge in [0.2, 0.25) is 0 Å². The second kappa shape index (κ2) is 6.44. The largest absolute Gasteiger partial charge is 0.487 e. The van der Waals surface area contributed by atoms with Crippen LogP contribution in [-0.2, 0) is 20.1 Å². The lowest BCUT2D eigenvalue weighted by Gasteiger charge is -2.07. The maximum atomic E-state index is 10.7. The summed E-state index contributed by atoms with van der Waals surface area (Å²) in [5.41, 5.74) is 1.71. The Morgan fingerprint density at radius 1 is 1.52 bits per heavy atom. The molecule has 0 saturated heterocycles. The number of hydrogen-bond acceptors (Lipinski definition) is 4. The van der Waals surface area contributed by atoms with Crippen LogP contribution in [0.15, 0.2) is 22.7 Å². The molecule has 0 aliphatic carbocycles. The average Bonchev–Trinajstić information content (AvgIpc) is 2.71. The summed E-state index contributed by atoms with van der Waals surface area (Å²) < 4.78 is 8.29. The normalized spacial score (nSPS) is 10.7. The molecule has 112 valence electrons. The zero-order valence-electron chi connectivity index (χ0n) is 11.5. The van der Waals surface area contributed by atoms with E-state index in [1.54, 1.807) is 4.68 Å². The van der Waals surface area contributed by atoms with Crippen molar-refractivity contribution in [3.63, 3.8) is 0 Å². The Kier molecular flexibility index (Phi) is 4.84. The molecule has 21 heavy (non-hydrogen) atoms. The quantitative estimate of drug-likeness (QED) is 0.588. The van der Waals surface area contributed by atoms with Crippen molar-refractivity contribution >= 4 is 33.2 Å². The lowest BCUT2D eigenvalue weighted by Crippen LogP contribution is -2.03. The Labute approximate surface area is 134 Å². The molecule has 0 unspecified atom stereocenters. The number of nitro benzene ring substituents is 1. The molecule has 1 aromatic carbocycles. The minimum absolute atomic E-state index is 0.0517. The standard InChI is InChI=1S/C13H13BrClN3O3/c1-3-10-13(14)12(17(2)16-10)7-21-8-4-5-11(18(19)20)9(15)6-8/h4-6H,3,7H2,1-2H3. The van der Waals surface area contributed by atoms with Crippen molar-refractivity contribution in [1.82, 2.24) is 9.78 Å². The summed E-state index contributed by atoms with van der Waals surface area (Å²) in [5.74, 6) is 0.469. The Morgan fingerprint density at radius 3 is 2.76 bits per heavy atom. The van der Waals surface area contributed by atoms with E-state index in [2.05, 4.69) is 21.0 Å². The van der Waals surface area contributed by atoms with Crippen molar-refractivity contribution in [1.29, 1.82) is 0 Å². The van der Waals surface area contributed by atoms with Gasteiger partial charge < -0.3 is 4.74 Å². The first-order valence-electron chi connectivity index (χ1n) is 6.21. The summed E-state index contributed by atoms with van der Waals surface area (Å²) in [7, 11) is 1.84. The van der Waals surface area contributed by atoms with Crippen LogP contribution in [0.5, 0.6) is 5.75 Å². The van der Waals surface area contributed by atoms with Crippen LogP contribution in [0, 0.1) is 10.1 Å². The molecule has 0 atom stereocenters. The van der Waals surface area contributed by atoms with Crippen molar-refractivity contribution in [3.05, 3.63) is 49.2 Å². The topological polar surface area (TPSA) is 70.2 Å². The molecule has 0 aliphatic heterocycles. The lowest BCUT2D eigenvalue weighted by molar-refractivity contribution is -0.384. The number of hydrogen-bond donors (Lipinski definition) is 0. The van der Waals surface area contributed by atoms with Crippen LogP contribution >= 0.6 is 27.5 Å². The van der Waals surface area contributed by atoms with Gasteiger partial charge in [-0.2, -0.15) is 5.10 Å². The molecule has 8 heteroatoms. The molecule has 0 fully saturated rings. The Hall–Kier alpha value is -1.60. The molecule has 0 aliphatic rings. The fourth-order valence-corrected chi connectivity index (χ4v) is 2.82. The summed E-state index contributed by atoms with van der Waals surface area (Å²) in [6, 6.07) is 4.28. The zero-order chi connectivity index (χ0) is 15.6. The third kappa shape index (κ3) is 3.36. The van der Waals surface area contributed by atoms with Gasteiger partial charge in [-0.05, 0) is 28.4 Å². The van der Waals surface area contributed by atoms with Crippen LogP contribution in [-0.4, -0.2) is 14.7 Å². The Bertz CT molecular complexity index is 688. The second-order valence-electron chi connectivity index (χ2n) is 4.34.